The number of aryl methyl sites for hydroxylation is 2. The van der Waals surface area contributed by atoms with Crippen molar-refractivity contribution in [2.45, 2.75) is 38.9 Å². The average Bonchev–Trinajstić information content (AvgIpc) is 3.04. The zero-order valence-corrected chi connectivity index (χ0v) is 14.0. The molecule has 0 bridgehead atoms. The second-order valence-electron chi connectivity index (χ2n) is 6.28. The molecule has 3 rings (SSSR count). The molecule has 1 unspecified atom stereocenters. The van der Waals surface area contributed by atoms with Crippen LogP contribution in [0.2, 0.25) is 0 Å². The summed E-state index contributed by atoms with van der Waals surface area (Å²) in [5, 5.41) is 13.1. The monoisotopic (exact) mass is 349 g/mol. The number of pyridine rings is 1. The minimum atomic E-state index is -4.44. The number of hydrogen-bond donors (Lipinski definition) is 0. The van der Waals surface area contributed by atoms with Gasteiger partial charge in [0.2, 0.25) is 0 Å². The van der Waals surface area contributed by atoms with E-state index < -0.39 is 11.9 Å². The summed E-state index contributed by atoms with van der Waals surface area (Å²) in [5.41, 5.74) is 1.91. The Morgan fingerprint density at radius 1 is 1.32 bits per heavy atom. The van der Waals surface area contributed by atoms with Crippen molar-refractivity contribution in [2.75, 3.05) is 18.0 Å². The topological polar surface area (TPSA) is 57.7 Å². The Bertz CT molecular complexity index is 819. The molecule has 0 aliphatic carbocycles. The van der Waals surface area contributed by atoms with Gasteiger partial charge in [0, 0.05) is 25.0 Å². The van der Waals surface area contributed by atoms with Crippen LogP contribution in [0, 0.1) is 25.2 Å². The van der Waals surface area contributed by atoms with Crippen LogP contribution in [0.1, 0.15) is 41.5 Å². The van der Waals surface area contributed by atoms with Gasteiger partial charge in [0.05, 0.1) is 23.0 Å². The summed E-state index contributed by atoms with van der Waals surface area (Å²) >= 11 is 0. The van der Waals surface area contributed by atoms with Crippen molar-refractivity contribution in [3.8, 4) is 6.07 Å². The molecule has 0 saturated carbocycles. The minimum absolute atomic E-state index is 0.162. The number of anilines is 1. The van der Waals surface area contributed by atoms with Gasteiger partial charge in [0.15, 0.2) is 5.69 Å². The van der Waals surface area contributed by atoms with Crippen molar-refractivity contribution in [2.24, 2.45) is 0 Å². The van der Waals surface area contributed by atoms with Crippen molar-refractivity contribution >= 4 is 5.69 Å². The number of aromatic nitrogens is 3. The van der Waals surface area contributed by atoms with Crippen LogP contribution in [0.4, 0.5) is 18.9 Å². The fraction of sp³-hybridized carbons (Fsp3) is 0.471. The Morgan fingerprint density at radius 3 is 2.72 bits per heavy atom. The molecule has 1 aliphatic rings. The van der Waals surface area contributed by atoms with E-state index in [0.717, 1.165) is 36.8 Å². The molecule has 2 aromatic rings. The highest BCUT2D eigenvalue weighted by atomic mass is 19.4. The van der Waals surface area contributed by atoms with Crippen molar-refractivity contribution in [3.63, 3.8) is 0 Å². The summed E-state index contributed by atoms with van der Waals surface area (Å²) in [6, 6.07) is 4.89. The summed E-state index contributed by atoms with van der Waals surface area (Å²) in [7, 11) is 0. The normalized spacial score (nSPS) is 18.2. The van der Waals surface area contributed by atoms with E-state index in [1.165, 1.54) is 10.9 Å². The molecular formula is C17H18F3N5. The van der Waals surface area contributed by atoms with Crippen LogP contribution >= 0.6 is 0 Å². The first kappa shape index (κ1) is 17.3. The first-order valence-electron chi connectivity index (χ1n) is 8.05. The summed E-state index contributed by atoms with van der Waals surface area (Å²) in [4.78, 5) is 6.36. The van der Waals surface area contributed by atoms with Gasteiger partial charge in [-0.3, -0.25) is 9.67 Å². The largest absolute Gasteiger partial charge is 0.435 e. The van der Waals surface area contributed by atoms with Crippen LogP contribution in [0.5, 0.6) is 0 Å². The van der Waals surface area contributed by atoms with Gasteiger partial charge in [-0.2, -0.15) is 23.5 Å². The zero-order valence-electron chi connectivity index (χ0n) is 14.0. The molecule has 0 spiro atoms. The van der Waals surface area contributed by atoms with E-state index in [0.29, 0.717) is 17.8 Å². The molecule has 0 N–H and O–H groups in total. The number of halogens is 3. The smallest absolute Gasteiger partial charge is 0.368 e. The van der Waals surface area contributed by atoms with E-state index in [-0.39, 0.29) is 6.04 Å². The highest BCUT2D eigenvalue weighted by Crippen LogP contribution is 2.32. The van der Waals surface area contributed by atoms with Gasteiger partial charge >= 0.3 is 6.18 Å². The third-order valence-corrected chi connectivity index (χ3v) is 4.43. The second-order valence-corrected chi connectivity index (χ2v) is 6.28. The summed E-state index contributed by atoms with van der Waals surface area (Å²) in [5.74, 6) is 0. The Kier molecular flexibility index (Phi) is 4.41. The van der Waals surface area contributed by atoms with Crippen LogP contribution < -0.4 is 4.90 Å². The first-order chi connectivity index (χ1) is 11.8. The van der Waals surface area contributed by atoms with Gasteiger partial charge < -0.3 is 4.90 Å². The molecule has 1 fully saturated rings. The highest BCUT2D eigenvalue weighted by molar-refractivity contribution is 5.61. The first-order valence-corrected chi connectivity index (χ1v) is 8.05. The molecule has 0 radical (unpaired) electrons. The molecule has 8 heteroatoms. The molecule has 2 aromatic heterocycles. The molecular weight excluding hydrogens is 331 g/mol. The molecule has 3 heterocycles. The van der Waals surface area contributed by atoms with E-state index >= 15 is 0 Å². The summed E-state index contributed by atoms with van der Waals surface area (Å²) in [6.07, 6.45) is -1.49. The Hall–Kier alpha value is -2.56. The minimum Gasteiger partial charge on any atom is -0.368 e. The van der Waals surface area contributed by atoms with Gasteiger partial charge in [0.1, 0.15) is 6.07 Å². The van der Waals surface area contributed by atoms with Gasteiger partial charge in [-0.15, -0.1) is 0 Å². The molecule has 0 aromatic carbocycles. The lowest BCUT2D eigenvalue weighted by Crippen LogP contribution is -2.37. The molecule has 1 saturated heterocycles. The SMILES string of the molecule is Cc1cc(N2CCCC(n3ccc(C(F)(F)F)n3)C2)c(C#N)c(C)n1. The molecule has 5 nitrogen and oxygen atoms in total. The average molecular weight is 349 g/mol. The molecule has 25 heavy (non-hydrogen) atoms. The number of nitriles is 1. The molecule has 1 aliphatic heterocycles. The fourth-order valence-electron chi connectivity index (χ4n) is 3.28. The Labute approximate surface area is 143 Å². The van der Waals surface area contributed by atoms with Crippen molar-refractivity contribution < 1.29 is 13.2 Å². The van der Waals surface area contributed by atoms with Crippen LogP contribution in [0.3, 0.4) is 0 Å². The van der Waals surface area contributed by atoms with E-state index in [1.54, 1.807) is 6.92 Å². The third kappa shape index (κ3) is 3.45. The molecule has 1 atom stereocenters. The highest BCUT2D eigenvalue weighted by Gasteiger charge is 2.34. The maximum atomic E-state index is 12.8. The maximum absolute atomic E-state index is 12.8. The predicted octanol–water partition coefficient (Wildman–Crippen LogP) is 3.63. The van der Waals surface area contributed by atoms with E-state index in [4.69, 9.17) is 0 Å². The van der Waals surface area contributed by atoms with E-state index in [9.17, 15) is 18.4 Å². The maximum Gasteiger partial charge on any atom is 0.435 e. The van der Waals surface area contributed by atoms with Crippen LogP contribution in [-0.2, 0) is 6.18 Å². The number of piperidine rings is 1. The Morgan fingerprint density at radius 2 is 2.08 bits per heavy atom. The summed E-state index contributed by atoms with van der Waals surface area (Å²) in [6.45, 7) is 4.92. The Balaban J connectivity index is 1.87. The van der Waals surface area contributed by atoms with Crippen LogP contribution in [0.15, 0.2) is 18.3 Å². The van der Waals surface area contributed by atoms with Crippen molar-refractivity contribution in [1.82, 2.24) is 14.8 Å². The van der Waals surface area contributed by atoms with E-state index in [1.807, 2.05) is 17.9 Å². The van der Waals surface area contributed by atoms with Crippen LogP contribution in [0.25, 0.3) is 0 Å². The van der Waals surface area contributed by atoms with Gasteiger partial charge in [-0.25, -0.2) is 0 Å². The quantitative estimate of drug-likeness (QED) is 0.831. The van der Waals surface area contributed by atoms with Gasteiger partial charge in [-0.1, -0.05) is 0 Å². The number of alkyl halides is 3. The zero-order chi connectivity index (χ0) is 18.2. The third-order valence-electron chi connectivity index (χ3n) is 4.43. The van der Waals surface area contributed by atoms with Crippen LogP contribution in [-0.4, -0.2) is 27.9 Å². The lowest BCUT2D eigenvalue weighted by Gasteiger charge is -2.35. The predicted molar refractivity (Wildman–Crippen MR) is 86.1 cm³/mol. The molecule has 132 valence electrons. The van der Waals surface area contributed by atoms with E-state index in [2.05, 4.69) is 16.2 Å². The lowest BCUT2D eigenvalue weighted by molar-refractivity contribution is -0.141. The summed E-state index contributed by atoms with van der Waals surface area (Å²) < 4.78 is 39.7. The number of nitrogens with zero attached hydrogens (tertiary/aromatic N) is 5. The standard InChI is InChI=1S/C17H18F3N5/c1-11-8-15(14(9-21)12(2)22-11)24-6-3-4-13(10-24)25-7-5-16(23-25)17(18,19)20/h5,7-8,13H,3-4,6,10H2,1-2H3. The number of hydrogen-bond acceptors (Lipinski definition) is 4. The second kappa shape index (κ2) is 6.39. The van der Waals surface area contributed by atoms with Crippen molar-refractivity contribution in [1.29, 1.82) is 5.26 Å². The van der Waals surface area contributed by atoms with Gasteiger partial charge in [-0.05, 0) is 38.8 Å². The molecule has 0 amide bonds. The van der Waals surface area contributed by atoms with Crippen molar-refractivity contribution in [3.05, 3.63) is 41.0 Å². The van der Waals surface area contributed by atoms with Gasteiger partial charge in [0.25, 0.3) is 0 Å². The number of rotatable bonds is 2. The fourth-order valence-corrected chi connectivity index (χ4v) is 3.28. The lowest BCUT2D eigenvalue weighted by atomic mass is 10.0.